The third kappa shape index (κ3) is 5.70. The van der Waals surface area contributed by atoms with Gasteiger partial charge >= 0.3 is 0 Å². The highest BCUT2D eigenvalue weighted by atomic mass is 35.5. The number of hydrogen-bond donors (Lipinski definition) is 2. The molecule has 0 saturated carbocycles. The molecule has 0 bridgehead atoms. The van der Waals surface area contributed by atoms with Gasteiger partial charge in [-0.05, 0) is 48.8 Å². The molecule has 24 heavy (non-hydrogen) atoms. The number of amides is 1. The highest BCUT2D eigenvalue weighted by molar-refractivity contribution is 7.98. The van der Waals surface area contributed by atoms with E-state index >= 15 is 0 Å². The Labute approximate surface area is 150 Å². The van der Waals surface area contributed by atoms with Gasteiger partial charge in [-0.1, -0.05) is 17.7 Å². The molecule has 2 aromatic rings. The van der Waals surface area contributed by atoms with Crippen molar-refractivity contribution in [1.82, 2.24) is 4.98 Å². The van der Waals surface area contributed by atoms with Gasteiger partial charge in [0.05, 0.1) is 16.8 Å². The van der Waals surface area contributed by atoms with Crippen LogP contribution in [0, 0.1) is 0 Å². The van der Waals surface area contributed by atoms with Gasteiger partial charge in [-0.25, -0.2) is 0 Å². The van der Waals surface area contributed by atoms with Gasteiger partial charge in [0.2, 0.25) is 5.91 Å². The van der Waals surface area contributed by atoms with Crippen molar-refractivity contribution < 1.29 is 9.53 Å². The number of nitrogens with zero attached hydrogens (tertiary/aromatic N) is 1. The minimum atomic E-state index is -0.531. The van der Waals surface area contributed by atoms with Gasteiger partial charge in [0.25, 0.3) is 0 Å². The summed E-state index contributed by atoms with van der Waals surface area (Å²) in [6, 6.07) is 10.2. The van der Waals surface area contributed by atoms with Crippen molar-refractivity contribution in [2.75, 3.05) is 17.3 Å². The van der Waals surface area contributed by atoms with Crippen molar-refractivity contribution in [1.29, 1.82) is 0 Å². The number of thioether (sulfide) groups is 1. The molecule has 0 spiro atoms. The number of carbonyl (C=O) groups excluding carboxylic acids is 1. The van der Waals surface area contributed by atoms with Crippen LogP contribution in [0.4, 0.5) is 5.69 Å². The zero-order valence-corrected chi connectivity index (χ0v) is 14.9. The molecule has 128 valence electrons. The van der Waals surface area contributed by atoms with Gasteiger partial charge in [0.15, 0.2) is 0 Å². The molecule has 1 aromatic heterocycles. The molecule has 1 heterocycles. The van der Waals surface area contributed by atoms with Crippen LogP contribution in [-0.4, -0.2) is 28.9 Å². The predicted octanol–water partition coefficient (Wildman–Crippen LogP) is 3.33. The third-order valence-corrected chi connectivity index (χ3v) is 4.21. The van der Waals surface area contributed by atoms with E-state index in [4.69, 9.17) is 22.1 Å². The molecule has 7 heteroatoms. The number of carbonyl (C=O) groups is 1. The van der Waals surface area contributed by atoms with E-state index in [-0.39, 0.29) is 5.91 Å². The van der Waals surface area contributed by atoms with Crippen LogP contribution in [0.5, 0.6) is 5.75 Å². The number of anilines is 1. The molecule has 1 aromatic carbocycles. The summed E-state index contributed by atoms with van der Waals surface area (Å²) in [7, 11) is 0. The number of halogens is 1. The first-order valence-electron chi connectivity index (χ1n) is 7.48. The number of rotatable bonds is 8. The Balaban J connectivity index is 1.93. The maximum absolute atomic E-state index is 12.0. The number of nitrogens with one attached hydrogen (secondary N) is 1. The van der Waals surface area contributed by atoms with Crippen LogP contribution in [0.15, 0.2) is 42.6 Å². The zero-order valence-electron chi connectivity index (χ0n) is 13.4. The zero-order chi connectivity index (χ0) is 17.4. The largest absolute Gasteiger partial charge is 0.486 e. The topological polar surface area (TPSA) is 77.2 Å². The molecule has 0 aliphatic rings. The lowest BCUT2D eigenvalue weighted by Gasteiger charge is -2.13. The fourth-order valence-electron chi connectivity index (χ4n) is 1.94. The second-order valence-electron chi connectivity index (χ2n) is 5.13. The first-order valence-corrected chi connectivity index (χ1v) is 9.25. The number of aromatic nitrogens is 1. The lowest BCUT2D eigenvalue weighted by Crippen LogP contribution is -2.36. The summed E-state index contributed by atoms with van der Waals surface area (Å²) in [5.41, 5.74) is 7.24. The van der Waals surface area contributed by atoms with E-state index in [1.54, 1.807) is 36.2 Å². The first-order chi connectivity index (χ1) is 11.6. The highest BCUT2D eigenvalue weighted by Crippen LogP contribution is 2.28. The highest BCUT2D eigenvalue weighted by Gasteiger charge is 2.14. The maximum Gasteiger partial charge on any atom is 0.241 e. The van der Waals surface area contributed by atoms with Crippen LogP contribution < -0.4 is 15.8 Å². The van der Waals surface area contributed by atoms with E-state index in [1.807, 2.05) is 24.5 Å². The molecular formula is C17H20ClN3O2S. The summed E-state index contributed by atoms with van der Waals surface area (Å²) in [5, 5.41) is 3.18. The van der Waals surface area contributed by atoms with Crippen molar-refractivity contribution >= 4 is 35.0 Å². The van der Waals surface area contributed by atoms with Crippen LogP contribution >= 0.6 is 23.4 Å². The summed E-state index contributed by atoms with van der Waals surface area (Å²) < 4.78 is 5.65. The summed E-state index contributed by atoms with van der Waals surface area (Å²) in [6.07, 6.45) is 4.32. The molecule has 5 nitrogen and oxygen atoms in total. The van der Waals surface area contributed by atoms with Crippen LogP contribution in [0.25, 0.3) is 0 Å². The number of pyridine rings is 1. The van der Waals surface area contributed by atoms with Gasteiger partial charge in [-0.3, -0.25) is 9.78 Å². The quantitative estimate of drug-likeness (QED) is 0.750. The normalized spacial score (nSPS) is 11.8. The van der Waals surface area contributed by atoms with Gasteiger partial charge in [0.1, 0.15) is 12.4 Å². The van der Waals surface area contributed by atoms with Crippen LogP contribution in [-0.2, 0) is 11.4 Å². The third-order valence-electron chi connectivity index (χ3n) is 3.27. The van der Waals surface area contributed by atoms with Crippen molar-refractivity contribution in [3.8, 4) is 5.75 Å². The summed E-state index contributed by atoms with van der Waals surface area (Å²) in [6.45, 7) is 0.325. The first kappa shape index (κ1) is 18.6. The van der Waals surface area contributed by atoms with E-state index in [1.165, 1.54) is 0 Å². The van der Waals surface area contributed by atoms with E-state index < -0.39 is 6.04 Å². The fourth-order valence-corrected chi connectivity index (χ4v) is 2.67. The molecule has 0 unspecified atom stereocenters. The second-order valence-corrected chi connectivity index (χ2v) is 6.52. The van der Waals surface area contributed by atoms with Gasteiger partial charge in [-0.15, -0.1) is 0 Å². The van der Waals surface area contributed by atoms with Gasteiger partial charge in [0, 0.05) is 11.9 Å². The van der Waals surface area contributed by atoms with E-state index in [0.29, 0.717) is 29.5 Å². The Hall–Kier alpha value is -1.76. The molecular weight excluding hydrogens is 346 g/mol. The summed E-state index contributed by atoms with van der Waals surface area (Å²) in [5.74, 6) is 1.16. The standard InChI is InChI=1S/C17H20ClN3O2S/c1-24-9-7-15(19)17(22)21-12-5-6-16(14(18)10-12)23-11-13-4-2-3-8-20-13/h2-6,8,10,15H,7,9,11,19H2,1H3,(H,21,22)/t15-/m0/s1. The van der Waals surface area contributed by atoms with Crippen LogP contribution in [0.3, 0.4) is 0 Å². The Morgan fingerprint density at radius 1 is 1.42 bits per heavy atom. The molecule has 0 saturated heterocycles. The molecule has 0 fully saturated rings. The van der Waals surface area contributed by atoms with Crippen molar-refractivity contribution in [2.24, 2.45) is 5.73 Å². The second kappa shape index (κ2) is 9.52. The van der Waals surface area contributed by atoms with E-state index in [2.05, 4.69) is 10.3 Å². The Bertz CT molecular complexity index is 670. The number of hydrogen-bond acceptors (Lipinski definition) is 5. The molecule has 1 amide bonds. The SMILES string of the molecule is CSCC[C@H](N)C(=O)Nc1ccc(OCc2ccccn2)c(Cl)c1. The minimum Gasteiger partial charge on any atom is -0.486 e. The lowest BCUT2D eigenvalue weighted by atomic mass is 10.2. The molecule has 3 N–H and O–H groups in total. The lowest BCUT2D eigenvalue weighted by molar-refractivity contribution is -0.117. The van der Waals surface area contributed by atoms with Crippen LogP contribution in [0.2, 0.25) is 5.02 Å². The van der Waals surface area contributed by atoms with E-state index in [9.17, 15) is 4.79 Å². The average Bonchev–Trinajstić information content (AvgIpc) is 2.59. The van der Waals surface area contributed by atoms with Crippen molar-refractivity contribution in [3.05, 3.63) is 53.3 Å². The molecule has 0 aliphatic heterocycles. The number of benzene rings is 1. The van der Waals surface area contributed by atoms with Crippen molar-refractivity contribution in [2.45, 2.75) is 19.1 Å². The smallest absolute Gasteiger partial charge is 0.241 e. The van der Waals surface area contributed by atoms with Gasteiger partial charge < -0.3 is 15.8 Å². The summed E-state index contributed by atoms with van der Waals surface area (Å²) >= 11 is 7.87. The molecule has 2 rings (SSSR count). The number of nitrogens with two attached hydrogens (primary N) is 1. The maximum atomic E-state index is 12.0. The molecule has 0 radical (unpaired) electrons. The fraction of sp³-hybridized carbons (Fsp3) is 0.294. The molecule has 1 atom stereocenters. The Kier molecular flexibility index (Phi) is 7.36. The van der Waals surface area contributed by atoms with Crippen molar-refractivity contribution in [3.63, 3.8) is 0 Å². The average molecular weight is 366 g/mol. The minimum absolute atomic E-state index is 0.220. The van der Waals surface area contributed by atoms with Crippen LogP contribution in [0.1, 0.15) is 12.1 Å². The monoisotopic (exact) mass is 365 g/mol. The number of ether oxygens (including phenoxy) is 1. The summed E-state index contributed by atoms with van der Waals surface area (Å²) in [4.78, 5) is 16.2. The van der Waals surface area contributed by atoms with E-state index in [0.717, 1.165) is 11.4 Å². The molecule has 0 aliphatic carbocycles. The Morgan fingerprint density at radius 3 is 2.92 bits per heavy atom. The van der Waals surface area contributed by atoms with Gasteiger partial charge in [-0.2, -0.15) is 11.8 Å². The predicted molar refractivity (Wildman–Crippen MR) is 99.6 cm³/mol. The Morgan fingerprint density at radius 2 is 2.25 bits per heavy atom.